The van der Waals surface area contributed by atoms with Crippen molar-refractivity contribution in [1.82, 2.24) is 0 Å². The maximum atomic E-state index is 13.8. The van der Waals surface area contributed by atoms with Crippen molar-refractivity contribution in [2.75, 3.05) is 38.8 Å². The average molecular weight is 399 g/mol. The van der Waals surface area contributed by atoms with E-state index in [2.05, 4.69) is 5.32 Å². The number of methoxy groups -OCH3 is 1. The second-order valence-corrected chi connectivity index (χ2v) is 5.47. The summed E-state index contributed by atoms with van der Waals surface area (Å²) in [5, 5.41) is 2.76. The van der Waals surface area contributed by atoms with Gasteiger partial charge < -0.3 is 25.3 Å². The van der Waals surface area contributed by atoms with Gasteiger partial charge in [-0.1, -0.05) is 0 Å². The Bertz CT molecular complexity index is 713. The third kappa shape index (κ3) is 7.52. The summed E-state index contributed by atoms with van der Waals surface area (Å²) < 4.78 is 29.4. The highest BCUT2D eigenvalue weighted by Gasteiger charge is 2.10. The van der Waals surface area contributed by atoms with Crippen molar-refractivity contribution in [2.45, 2.75) is 6.61 Å². The summed E-state index contributed by atoms with van der Waals surface area (Å²) in [4.78, 5) is 12.4. The van der Waals surface area contributed by atoms with Gasteiger partial charge in [-0.05, 0) is 42.5 Å². The first-order valence-corrected chi connectivity index (χ1v) is 8.23. The average Bonchev–Trinajstić information content (AvgIpc) is 2.66. The summed E-state index contributed by atoms with van der Waals surface area (Å²) in [6.45, 7) is 1.71. The number of hydrogen-bond acceptors (Lipinski definition) is 5. The quantitative estimate of drug-likeness (QED) is 0.601. The summed E-state index contributed by atoms with van der Waals surface area (Å²) in [6, 6.07) is 11.1. The standard InChI is InChI=1S/C19H23FN2O4.ClH/c1-24-10-11-25-13-15-12-14(2-7-18(15)20)19(23)22-16-3-5-17(6-4-16)26-9-8-21;/h2-7,12H,8-11,13,21H2,1H3,(H,22,23);1H. The molecular weight excluding hydrogens is 375 g/mol. The minimum absolute atomic E-state index is 0. The topological polar surface area (TPSA) is 82.8 Å². The lowest BCUT2D eigenvalue weighted by Gasteiger charge is -2.10. The fourth-order valence-corrected chi connectivity index (χ4v) is 2.17. The number of benzene rings is 2. The molecule has 27 heavy (non-hydrogen) atoms. The minimum Gasteiger partial charge on any atom is -0.492 e. The van der Waals surface area contributed by atoms with Crippen LogP contribution in [0.2, 0.25) is 0 Å². The molecule has 0 aliphatic rings. The molecule has 2 aromatic carbocycles. The van der Waals surface area contributed by atoms with Crippen molar-refractivity contribution in [2.24, 2.45) is 5.73 Å². The lowest BCUT2D eigenvalue weighted by atomic mass is 10.1. The van der Waals surface area contributed by atoms with Crippen molar-refractivity contribution < 1.29 is 23.4 Å². The number of ether oxygens (including phenoxy) is 3. The molecular formula is C19H24ClFN2O4. The van der Waals surface area contributed by atoms with Crippen molar-refractivity contribution >= 4 is 24.0 Å². The lowest BCUT2D eigenvalue weighted by molar-refractivity contribution is 0.0604. The Kier molecular flexibility index (Phi) is 10.4. The molecule has 0 radical (unpaired) electrons. The van der Waals surface area contributed by atoms with Crippen LogP contribution in [0.1, 0.15) is 15.9 Å². The number of nitrogens with one attached hydrogen (secondary N) is 1. The Morgan fingerprint density at radius 2 is 1.85 bits per heavy atom. The maximum Gasteiger partial charge on any atom is 0.255 e. The highest BCUT2D eigenvalue weighted by atomic mass is 35.5. The van der Waals surface area contributed by atoms with Gasteiger partial charge in [0.1, 0.15) is 18.2 Å². The number of carbonyl (C=O) groups is 1. The molecule has 0 aliphatic heterocycles. The Morgan fingerprint density at radius 3 is 2.52 bits per heavy atom. The second-order valence-electron chi connectivity index (χ2n) is 5.47. The van der Waals surface area contributed by atoms with E-state index in [9.17, 15) is 9.18 Å². The number of rotatable bonds is 10. The van der Waals surface area contributed by atoms with Gasteiger partial charge in [0.15, 0.2) is 0 Å². The molecule has 0 bridgehead atoms. The van der Waals surface area contributed by atoms with Gasteiger partial charge in [0.25, 0.3) is 5.91 Å². The normalized spacial score (nSPS) is 10.2. The van der Waals surface area contributed by atoms with Gasteiger partial charge >= 0.3 is 0 Å². The number of nitrogens with two attached hydrogens (primary N) is 1. The van der Waals surface area contributed by atoms with Crippen LogP contribution >= 0.6 is 12.4 Å². The molecule has 0 heterocycles. The minimum atomic E-state index is -0.416. The van der Waals surface area contributed by atoms with Crippen LogP contribution in [0.15, 0.2) is 42.5 Å². The van der Waals surface area contributed by atoms with Gasteiger partial charge in [0.05, 0.1) is 19.8 Å². The highest BCUT2D eigenvalue weighted by molar-refractivity contribution is 6.04. The largest absolute Gasteiger partial charge is 0.492 e. The van der Waals surface area contributed by atoms with E-state index < -0.39 is 5.82 Å². The first kappa shape index (κ1) is 22.9. The fourth-order valence-electron chi connectivity index (χ4n) is 2.17. The van der Waals surface area contributed by atoms with Crippen molar-refractivity contribution in [1.29, 1.82) is 0 Å². The number of halogens is 2. The predicted molar refractivity (Wildman–Crippen MR) is 104 cm³/mol. The van der Waals surface area contributed by atoms with Crippen LogP contribution in [-0.4, -0.2) is 39.4 Å². The molecule has 0 aromatic heterocycles. The molecule has 3 N–H and O–H groups in total. The van der Waals surface area contributed by atoms with E-state index in [0.717, 1.165) is 0 Å². The van der Waals surface area contributed by atoms with Crippen LogP contribution in [0.4, 0.5) is 10.1 Å². The Labute approximate surface area is 164 Å². The zero-order valence-corrected chi connectivity index (χ0v) is 15.9. The van der Waals surface area contributed by atoms with Gasteiger partial charge in [-0.3, -0.25) is 4.79 Å². The molecule has 0 atom stereocenters. The summed E-state index contributed by atoms with van der Waals surface area (Å²) in [5.74, 6) is -0.0788. The lowest BCUT2D eigenvalue weighted by Crippen LogP contribution is -2.13. The van der Waals surface area contributed by atoms with Crippen LogP contribution in [0.3, 0.4) is 0 Å². The zero-order chi connectivity index (χ0) is 18.8. The van der Waals surface area contributed by atoms with Crippen LogP contribution < -0.4 is 15.8 Å². The van der Waals surface area contributed by atoms with Crippen LogP contribution in [0, 0.1) is 5.82 Å². The van der Waals surface area contributed by atoms with Gasteiger partial charge in [0, 0.05) is 30.5 Å². The molecule has 0 saturated carbocycles. The van der Waals surface area contributed by atoms with E-state index in [0.29, 0.717) is 48.9 Å². The zero-order valence-electron chi connectivity index (χ0n) is 15.1. The summed E-state index contributed by atoms with van der Waals surface area (Å²) in [6.07, 6.45) is 0. The Balaban J connectivity index is 0.00000364. The molecule has 6 nitrogen and oxygen atoms in total. The van der Waals surface area contributed by atoms with E-state index in [1.165, 1.54) is 18.2 Å². The molecule has 0 fully saturated rings. The molecule has 1 amide bonds. The summed E-state index contributed by atoms with van der Waals surface area (Å²) >= 11 is 0. The first-order valence-electron chi connectivity index (χ1n) is 8.23. The van der Waals surface area contributed by atoms with Gasteiger partial charge in [0.2, 0.25) is 0 Å². The molecule has 8 heteroatoms. The molecule has 0 spiro atoms. The summed E-state index contributed by atoms with van der Waals surface area (Å²) in [7, 11) is 1.56. The van der Waals surface area contributed by atoms with Gasteiger partial charge in [-0.15, -0.1) is 12.4 Å². The van der Waals surface area contributed by atoms with E-state index in [1.54, 1.807) is 31.4 Å². The van der Waals surface area contributed by atoms with E-state index in [1.807, 2.05) is 0 Å². The first-order chi connectivity index (χ1) is 12.6. The van der Waals surface area contributed by atoms with Crippen molar-refractivity contribution in [3.8, 4) is 5.75 Å². The van der Waals surface area contributed by atoms with Crippen molar-refractivity contribution in [3.05, 3.63) is 59.4 Å². The van der Waals surface area contributed by atoms with E-state index in [-0.39, 0.29) is 24.9 Å². The van der Waals surface area contributed by atoms with Crippen LogP contribution in [0.5, 0.6) is 5.75 Å². The van der Waals surface area contributed by atoms with Crippen molar-refractivity contribution in [3.63, 3.8) is 0 Å². The number of amides is 1. The van der Waals surface area contributed by atoms with Crippen LogP contribution in [-0.2, 0) is 16.1 Å². The third-order valence-corrected chi connectivity index (χ3v) is 3.50. The maximum absolute atomic E-state index is 13.8. The molecule has 0 saturated heterocycles. The Morgan fingerprint density at radius 1 is 1.11 bits per heavy atom. The van der Waals surface area contributed by atoms with Crippen LogP contribution in [0.25, 0.3) is 0 Å². The SMILES string of the molecule is COCCOCc1cc(C(=O)Nc2ccc(OCCN)cc2)ccc1F.Cl. The van der Waals surface area contributed by atoms with Gasteiger partial charge in [-0.2, -0.15) is 0 Å². The molecule has 148 valence electrons. The number of carbonyl (C=O) groups excluding carboxylic acids is 1. The predicted octanol–water partition coefficient (Wildman–Crippen LogP) is 3.00. The summed E-state index contributed by atoms with van der Waals surface area (Å²) in [5.41, 5.74) is 6.66. The molecule has 0 unspecified atom stereocenters. The number of hydrogen-bond donors (Lipinski definition) is 2. The number of anilines is 1. The third-order valence-electron chi connectivity index (χ3n) is 3.50. The monoisotopic (exact) mass is 398 g/mol. The van der Waals surface area contributed by atoms with Gasteiger partial charge in [-0.25, -0.2) is 4.39 Å². The molecule has 2 rings (SSSR count). The Hall–Kier alpha value is -2.19. The highest BCUT2D eigenvalue weighted by Crippen LogP contribution is 2.18. The molecule has 0 aliphatic carbocycles. The smallest absolute Gasteiger partial charge is 0.255 e. The molecule has 2 aromatic rings. The van der Waals surface area contributed by atoms with E-state index >= 15 is 0 Å². The second kappa shape index (κ2) is 12.2. The fraction of sp³-hybridized carbons (Fsp3) is 0.316. The van der Waals surface area contributed by atoms with E-state index in [4.69, 9.17) is 19.9 Å².